The van der Waals surface area contributed by atoms with Crippen molar-refractivity contribution in [3.8, 4) is 11.3 Å². The first-order valence-electron chi connectivity index (χ1n) is 5.21. The maximum absolute atomic E-state index is 11.2. The first-order chi connectivity index (χ1) is 8.27. The Hall–Kier alpha value is -1.75. The van der Waals surface area contributed by atoms with Crippen LogP contribution in [0, 0.1) is 0 Å². The van der Waals surface area contributed by atoms with Gasteiger partial charge in [-0.25, -0.2) is 4.79 Å². The highest BCUT2D eigenvalue weighted by Crippen LogP contribution is 2.34. The van der Waals surface area contributed by atoms with Crippen molar-refractivity contribution < 1.29 is 9.90 Å². The molecule has 0 aliphatic carbocycles. The first kappa shape index (κ1) is 10.4. The number of fused-ring (bicyclic) bond motifs is 1. The number of carboxylic acids is 1. The van der Waals surface area contributed by atoms with Gasteiger partial charge in [0.15, 0.2) is 0 Å². The molecule has 3 heterocycles. The summed E-state index contributed by atoms with van der Waals surface area (Å²) in [5, 5.41) is 9.17. The van der Waals surface area contributed by atoms with Crippen LogP contribution in [0.1, 0.15) is 16.1 Å². The fourth-order valence-corrected chi connectivity index (χ4v) is 3.14. The molecule has 0 aromatic carbocycles. The molecule has 5 heteroatoms. The Morgan fingerprint density at radius 2 is 2.41 bits per heavy atom. The standard InChI is InChI=1S/C12H10N2O2S/c15-12(16)9-4-10(8-2-1-3-13-5-8)14-7-17-6-11(9)14/h1-5H,6-7H2,(H,15,16). The highest BCUT2D eigenvalue weighted by molar-refractivity contribution is 7.97. The van der Waals surface area contributed by atoms with Crippen LogP contribution in [0.2, 0.25) is 0 Å². The van der Waals surface area contributed by atoms with Crippen LogP contribution < -0.4 is 0 Å². The number of aromatic nitrogens is 2. The summed E-state index contributed by atoms with van der Waals surface area (Å²) in [6.45, 7) is 0. The number of nitrogens with zero attached hydrogens (tertiary/aromatic N) is 2. The summed E-state index contributed by atoms with van der Waals surface area (Å²) in [4.78, 5) is 15.2. The van der Waals surface area contributed by atoms with Crippen LogP contribution in [-0.4, -0.2) is 20.6 Å². The lowest BCUT2D eigenvalue weighted by atomic mass is 10.2. The Balaban J connectivity index is 2.19. The van der Waals surface area contributed by atoms with Crippen molar-refractivity contribution >= 4 is 17.7 Å². The third-order valence-electron chi connectivity index (χ3n) is 2.86. The van der Waals surface area contributed by atoms with Crippen LogP contribution in [0.15, 0.2) is 30.6 Å². The summed E-state index contributed by atoms with van der Waals surface area (Å²) in [5.74, 6) is 0.723. The Labute approximate surface area is 102 Å². The number of rotatable bonds is 2. The fourth-order valence-electron chi connectivity index (χ4n) is 2.06. The second-order valence-electron chi connectivity index (χ2n) is 3.84. The molecular formula is C12H10N2O2S. The molecule has 86 valence electrons. The summed E-state index contributed by atoms with van der Waals surface area (Å²) in [7, 11) is 0. The molecule has 0 amide bonds. The smallest absolute Gasteiger partial charge is 0.337 e. The van der Waals surface area contributed by atoms with E-state index in [4.69, 9.17) is 0 Å². The summed E-state index contributed by atoms with van der Waals surface area (Å²) in [6, 6.07) is 5.55. The second-order valence-corrected chi connectivity index (χ2v) is 4.80. The molecule has 0 spiro atoms. The van der Waals surface area contributed by atoms with E-state index in [1.165, 1.54) is 0 Å². The summed E-state index contributed by atoms with van der Waals surface area (Å²) in [5.41, 5.74) is 3.22. The largest absolute Gasteiger partial charge is 0.478 e. The molecule has 0 saturated heterocycles. The lowest BCUT2D eigenvalue weighted by molar-refractivity contribution is 0.0696. The van der Waals surface area contributed by atoms with Crippen LogP contribution in [0.4, 0.5) is 0 Å². The molecule has 0 unspecified atom stereocenters. The number of carboxylic acid groups (broad SMARTS) is 1. The zero-order valence-corrected chi connectivity index (χ0v) is 9.78. The molecule has 2 aromatic rings. The van der Waals surface area contributed by atoms with Crippen LogP contribution in [0.25, 0.3) is 11.3 Å². The topological polar surface area (TPSA) is 55.1 Å². The van der Waals surface area contributed by atoms with Crippen molar-refractivity contribution in [1.29, 1.82) is 0 Å². The van der Waals surface area contributed by atoms with Gasteiger partial charge in [0.05, 0.1) is 17.1 Å². The van der Waals surface area contributed by atoms with E-state index in [9.17, 15) is 9.90 Å². The Kier molecular flexibility index (Phi) is 2.40. The van der Waals surface area contributed by atoms with Gasteiger partial charge in [-0.1, -0.05) is 0 Å². The van der Waals surface area contributed by atoms with Crippen molar-refractivity contribution in [3.05, 3.63) is 41.9 Å². The van der Waals surface area contributed by atoms with Crippen LogP contribution in [0.3, 0.4) is 0 Å². The van der Waals surface area contributed by atoms with Crippen molar-refractivity contribution in [3.63, 3.8) is 0 Å². The summed E-state index contributed by atoms with van der Waals surface area (Å²) in [6.07, 6.45) is 3.47. The van der Waals surface area contributed by atoms with Gasteiger partial charge in [-0.3, -0.25) is 4.98 Å². The number of aromatic carboxylic acids is 1. The number of pyridine rings is 1. The predicted molar refractivity (Wildman–Crippen MR) is 65.9 cm³/mol. The zero-order valence-electron chi connectivity index (χ0n) is 8.96. The zero-order chi connectivity index (χ0) is 11.8. The SMILES string of the molecule is O=C(O)c1cc(-c2cccnc2)n2c1CSC2. The Morgan fingerprint density at radius 3 is 3.12 bits per heavy atom. The van der Waals surface area contributed by atoms with E-state index in [-0.39, 0.29) is 0 Å². The molecule has 4 nitrogen and oxygen atoms in total. The monoisotopic (exact) mass is 246 g/mol. The molecule has 1 aliphatic heterocycles. The average Bonchev–Trinajstić information content (AvgIpc) is 2.90. The van der Waals surface area contributed by atoms with Gasteiger partial charge in [0.1, 0.15) is 0 Å². The first-order valence-corrected chi connectivity index (χ1v) is 6.36. The number of hydrogen-bond donors (Lipinski definition) is 1. The van der Waals surface area contributed by atoms with Gasteiger partial charge < -0.3 is 9.67 Å². The average molecular weight is 246 g/mol. The minimum atomic E-state index is -0.855. The molecule has 0 atom stereocenters. The molecule has 0 bridgehead atoms. The van der Waals surface area contributed by atoms with E-state index in [1.807, 2.05) is 12.1 Å². The Morgan fingerprint density at radius 1 is 1.53 bits per heavy atom. The van der Waals surface area contributed by atoms with Crippen LogP contribution in [-0.2, 0) is 11.6 Å². The number of hydrogen-bond acceptors (Lipinski definition) is 3. The molecule has 0 fully saturated rings. The number of thioether (sulfide) groups is 1. The van der Waals surface area contributed by atoms with Gasteiger partial charge in [-0.05, 0) is 18.2 Å². The molecule has 1 aliphatic rings. The maximum Gasteiger partial charge on any atom is 0.337 e. The highest BCUT2D eigenvalue weighted by atomic mass is 32.2. The molecule has 17 heavy (non-hydrogen) atoms. The van der Waals surface area contributed by atoms with Gasteiger partial charge in [0.25, 0.3) is 0 Å². The quantitative estimate of drug-likeness (QED) is 0.884. The van der Waals surface area contributed by atoms with Crippen LogP contribution in [0.5, 0.6) is 0 Å². The van der Waals surface area contributed by atoms with Crippen molar-refractivity contribution in [1.82, 2.24) is 9.55 Å². The van der Waals surface area contributed by atoms with Gasteiger partial charge in [-0.15, -0.1) is 11.8 Å². The second kappa shape index (κ2) is 3.92. The lowest BCUT2D eigenvalue weighted by Crippen LogP contribution is -1.99. The molecule has 2 aromatic heterocycles. The maximum atomic E-state index is 11.2. The fraction of sp³-hybridized carbons (Fsp3) is 0.167. The molecule has 1 N–H and O–H groups in total. The molecular weight excluding hydrogens is 236 g/mol. The van der Waals surface area contributed by atoms with Crippen molar-refractivity contribution in [2.24, 2.45) is 0 Å². The normalized spacial score (nSPS) is 13.6. The van der Waals surface area contributed by atoms with E-state index in [1.54, 1.807) is 30.2 Å². The van der Waals surface area contributed by atoms with Gasteiger partial charge in [0, 0.05) is 29.4 Å². The van der Waals surface area contributed by atoms with Gasteiger partial charge in [0.2, 0.25) is 0 Å². The van der Waals surface area contributed by atoms with E-state index < -0.39 is 5.97 Å². The predicted octanol–water partition coefficient (Wildman–Crippen LogP) is 2.45. The summed E-state index contributed by atoms with van der Waals surface area (Å²) >= 11 is 1.73. The molecule has 0 radical (unpaired) electrons. The number of carbonyl (C=O) groups is 1. The third-order valence-corrected chi connectivity index (χ3v) is 3.77. The van der Waals surface area contributed by atoms with Crippen LogP contribution >= 0.6 is 11.8 Å². The highest BCUT2D eigenvalue weighted by Gasteiger charge is 2.24. The van der Waals surface area contributed by atoms with Gasteiger partial charge in [-0.2, -0.15) is 0 Å². The summed E-state index contributed by atoms with van der Waals surface area (Å²) < 4.78 is 2.06. The molecule has 3 rings (SSSR count). The van der Waals surface area contributed by atoms with E-state index in [0.29, 0.717) is 5.56 Å². The van der Waals surface area contributed by atoms with Gasteiger partial charge >= 0.3 is 5.97 Å². The third kappa shape index (κ3) is 1.63. The minimum absolute atomic E-state index is 0.411. The van der Waals surface area contributed by atoms with E-state index in [2.05, 4.69) is 9.55 Å². The van der Waals surface area contributed by atoms with Crippen molar-refractivity contribution in [2.45, 2.75) is 11.6 Å². The van der Waals surface area contributed by atoms with Crippen molar-refractivity contribution in [2.75, 3.05) is 0 Å². The lowest BCUT2D eigenvalue weighted by Gasteiger charge is -2.04. The Bertz CT molecular complexity index is 578. The molecule has 0 saturated carbocycles. The minimum Gasteiger partial charge on any atom is -0.478 e. The van der Waals surface area contributed by atoms with E-state index >= 15 is 0 Å². The van der Waals surface area contributed by atoms with E-state index in [0.717, 1.165) is 28.6 Å².